The number of rotatable bonds is 5. The van der Waals surface area contributed by atoms with Crippen LogP contribution in [0.5, 0.6) is 0 Å². The second-order valence-electron chi connectivity index (χ2n) is 5.67. The number of sulfonamides is 1. The summed E-state index contributed by atoms with van der Waals surface area (Å²) in [6, 6.07) is 6.03. The molecule has 0 unspecified atom stereocenters. The van der Waals surface area contributed by atoms with Crippen LogP contribution in [0.15, 0.2) is 38.7 Å². The van der Waals surface area contributed by atoms with Crippen LogP contribution < -0.4 is 0 Å². The van der Waals surface area contributed by atoms with Crippen molar-refractivity contribution in [2.75, 3.05) is 13.1 Å². The Morgan fingerprint density at radius 1 is 1.50 bits per heavy atom. The maximum Gasteiger partial charge on any atom is 0.283 e. The number of benzene rings is 1. The summed E-state index contributed by atoms with van der Waals surface area (Å²) in [4.78, 5) is 0.0672. The van der Waals surface area contributed by atoms with Gasteiger partial charge in [-0.1, -0.05) is 31.5 Å². The van der Waals surface area contributed by atoms with E-state index in [1.807, 2.05) is 13.1 Å². The third-order valence-corrected chi connectivity index (χ3v) is 4.58. The smallest absolute Gasteiger partial charge is 0.258 e. The summed E-state index contributed by atoms with van der Waals surface area (Å²) < 4.78 is 28.1. The number of hydrazone groups is 1. The Balaban J connectivity index is 2.17. The zero-order valence-corrected chi connectivity index (χ0v) is 14.3. The molecule has 0 saturated heterocycles. The van der Waals surface area contributed by atoms with E-state index in [0.717, 1.165) is 0 Å². The molecule has 8 heteroatoms. The van der Waals surface area contributed by atoms with Gasteiger partial charge in [0.05, 0.1) is 11.4 Å². The van der Waals surface area contributed by atoms with Gasteiger partial charge in [0.15, 0.2) is 0 Å². The quantitative estimate of drug-likeness (QED) is 0.609. The molecule has 2 rings (SSSR count). The van der Waals surface area contributed by atoms with Crippen LogP contribution >= 0.6 is 11.6 Å². The van der Waals surface area contributed by atoms with E-state index in [1.165, 1.54) is 18.5 Å². The van der Waals surface area contributed by atoms with E-state index >= 15 is 0 Å². The zero-order valence-electron chi connectivity index (χ0n) is 12.8. The first-order valence-electron chi connectivity index (χ1n) is 6.89. The molecule has 1 aliphatic heterocycles. The molecule has 1 aliphatic rings. The lowest BCUT2D eigenvalue weighted by atomic mass is 9.97. The van der Waals surface area contributed by atoms with Crippen LogP contribution in [0.3, 0.4) is 0 Å². The monoisotopic (exact) mass is 342 g/mol. The molecule has 0 bridgehead atoms. The van der Waals surface area contributed by atoms with Crippen molar-refractivity contribution in [3.05, 3.63) is 29.3 Å². The molecule has 0 N–H and O–H groups in total. The molecule has 0 spiro atoms. The fourth-order valence-corrected chi connectivity index (χ4v) is 3.07. The third-order valence-electron chi connectivity index (χ3n) is 3.12. The Morgan fingerprint density at radius 2 is 2.23 bits per heavy atom. The molecule has 0 aromatic heterocycles. The first-order chi connectivity index (χ1) is 10.2. The van der Waals surface area contributed by atoms with E-state index in [4.69, 9.17) is 11.6 Å². The lowest BCUT2D eigenvalue weighted by molar-refractivity contribution is 0.0545. The fraction of sp³-hybridized carbons (Fsp3) is 0.429. The maximum atomic E-state index is 12.2. The SMILES string of the molecule is CCN(/C=N/S(=O)(=O)c1cccc(Cl)c1)N1CC(C)(C)C=N1. The van der Waals surface area contributed by atoms with Crippen LogP contribution in [0.1, 0.15) is 20.8 Å². The Labute approximate surface area is 136 Å². The molecular formula is C14H19ClN4O2S. The summed E-state index contributed by atoms with van der Waals surface area (Å²) in [5, 5.41) is 8.00. The van der Waals surface area contributed by atoms with Crippen molar-refractivity contribution in [2.45, 2.75) is 25.7 Å². The van der Waals surface area contributed by atoms with E-state index in [0.29, 0.717) is 18.1 Å². The highest BCUT2D eigenvalue weighted by atomic mass is 35.5. The van der Waals surface area contributed by atoms with Gasteiger partial charge in [0, 0.05) is 23.2 Å². The molecule has 0 saturated carbocycles. The van der Waals surface area contributed by atoms with Crippen molar-refractivity contribution >= 4 is 34.2 Å². The van der Waals surface area contributed by atoms with Gasteiger partial charge in [0.25, 0.3) is 10.0 Å². The van der Waals surface area contributed by atoms with Gasteiger partial charge in [-0.15, -0.1) is 4.40 Å². The minimum atomic E-state index is -3.78. The minimum absolute atomic E-state index is 0.0485. The molecule has 6 nitrogen and oxygen atoms in total. The van der Waals surface area contributed by atoms with Gasteiger partial charge in [-0.2, -0.15) is 13.5 Å². The van der Waals surface area contributed by atoms with Gasteiger partial charge >= 0.3 is 0 Å². The normalized spacial score (nSPS) is 17.4. The highest BCUT2D eigenvalue weighted by Crippen LogP contribution is 2.22. The van der Waals surface area contributed by atoms with Crippen molar-refractivity contribution in [1.82, 2.24) is 10.1 Å². The van der Waals surface area contributed by atoms with Crippen LogP contribution in [-0.2, 0) is 10.0 Å². The maximum absolute atomic E-state index is 12.2. The fourth-order valence-electron chi connectivity index (χ4n) is 1.94. The van der Waals surface area contributed by atoms with Crippen LogP contribution in [0.25, 0.3) is 0 Å². The predicted molar refractivity (Wildman–Crippen MR) is 88.5 cm³/mol. The summed E-state index contributed by atoms with van der Waals surface area (Å²) in [5.74, 6) is 0. The summed E-state index contributed by atoms with van der Waals surface area (Å²) in [5.41, 5.74) is -0.0485. The van der Waals surface area contributed by atoms with Crippen LogP contribution in [0, 0.1) is 5.41 Å². The topological polar surface area (TPSA) is 65.3 Å². The second-order valence-corrected chi connectivity index (χ2v) is 7.74. The van der Waals surface area contributed by atoms with E-state index in [2.05, 4.69) is 23.3 Å². The first-order valence-corrected chi connectivity index (χ1v) is 8.70. The number of hydrogen-bond donors (Lipinski definition) is 0. The van der Waals surface area contributed by atoms with Crippen LogP contribution in [0.2, 0.25) is 5.02 Å². The highest BCUT2D eigenvalue weighted by molar-refractivity contribution is 7.90. The molecule has 22 heavy (non-hydrogen) atoms. The van der Waals surface area contributed by atoms with Gasteiger partial charge in [0.1, 0.15) is 6.34 Å². The van der Waals surface area contributed by atoms with Gasteiger partial charge in [-0.25, -0.2) is 5.12 Å². The number of halogens is 1. The minimum Gasteiger partial charge on any atom is -0.258 e. The van der Waals surface area contributed by atoms with Crippen LogP contribution in [-0.4, -0.2) is 44.2 Å². The molecule has 0 fully saturated rings. The van der Waals surface area contributed by atoms with E-state index in [1.54, 1.807) is 22.3 Å². The van der Waals surface area contributed by atoms with Crippen molar-refractivity contribution in [2.24, 2.45) is 14.9 Å². The molecule has 1 heterocycles. The average molecular weight is 343 g/mol. The van der Waals surface area contributed by atoms with Crippen molar-refractivity contribution in [3.8, 4) is 0 Å². The predicted octanol–water partition coefficient (Wildman–Crippen LogP) is 2.62. The Morgan fingerprint density at radius 3 is 2.77 bits per heavy atom. The second kappa shape index (κ2) is 6.26. The summed E-state index contributed by atoms with van der Waals surface area (Å²) in [6.45, 7) is 7.25. The Hall–Kier alpha value is -1.60. The lowest BCUT2D eigenvalue weighted by Gasteiger charge is -2.28. The van der Waals surface area contributed by atoms with Gasteiger partial charge in [0.2, 0.25) is 0 Å². The molecule has 1 aromatic carbocycles. The van der Waals surface area contributed by atoms with Crippen molar-refractivity contribution in [3.63, 3.8) is 0 Å². The van der Waals surface area contributed by atoms with Crippen LogP contribution in [0.4, 0.5) is 0 Å². The standard InChI is InChI=1S/C14H19ClN4O2S/c1-4-18(19-10-14(2,3)9-16-19)11-17-22(20,21)13-7-5-6-12(15)8-13/h5-9,11H,4,10H2,1-3H3/b17-11+. The molecule has 120 valence electrons. The van der Waals surface area contributed by atoms with Crippen molar-refractivity contribution < 1.29 is 8.42 Å². The zero-order chi connectivity index (χ0) is 16.4. The summed E-state index contributed by atoms with van der Waals surface area (Å²) in [7, 11) is -3.78. The van der Waals surface area contributed by atoms with E-state index < -0.39 is 10.0 Å². The average Bonchev–Trinajstić information content (AvgIpc) is 2.80. The van der Waals surface area contributed by atoms with E-state index in [9.17, 15) is 8.42 Å². The molecule has 0 radical (unpaired) electrons. The Kier molecular flexibility index (Phi) is 4.77. The van der Waals surface area contributed by atoms with Gasteiger partial charge in [-0.05, 0) is 25.1 Å². The first kappa shape index (κ1) is 16.8. The lowest BCUT2D eigenvalue weighted by Crippen LogP contribution is -2.39. The summed E-state index contributed by atoms with van der Waals surface area (Å²) in [6.07, 6.45) is 3.13. The van der Waals surface area contributed by atoms with Crippen molar-refractivity contribution in [1.29, 1.82) is 0 Å². The largest absolute Gasteiger partial charge is 0.283 e. The third kappa shape index (κ3) is 3.98. The Bertz CT molecular complexity index is 701. The number of nitrogens with zero attached hydrogens (tertiary/aromatic N) is 4. The van der Waals surface area contributed by atoms with E-state index in [-0.39, 0.29) is 10.3 Å². The molecule has 0 atom stereocenters. The molecule has 1 aromatic rings. The molecule has 0 aliphatic carbocycles. The number of hydrogen-bond acceptors (Lipinski definition) is 4. The van der Waals surface area contributed by atoms with Gasteiger partial charge < -0.3 is 0 Å². The number of hydrazine groups is 1. The highest BCUT2D eigenvalue weighted by Gasteiger charge is 2.27. The molecular weight excluding hydrogens is 324 g/mol. The molecule has 0 amide bonds. The summed E-state index contributed by atoms with van der Waals surface area (Å²) >= 11 is 5.82. The van der Waals surface area contributed by atoms with Gasteiger partial charge in [-0.3, -0.25) is 5.01 Å².